The van der Waals surface area contributed by atoms with Crippen LogP contribution in [0.3, 0.4) is 0 Å². The summed E-state index contributed by atoms with van der Waals surface area (Å²) in [4.78, 5) is 11.6. The van der Waals surface area contributed by atoms with E-state index < -0.39 is 10.0 Å². The quantitative estimate of drug-likeness (QED) is 0.680. The second kappa shape index (κ2) is 7.98. The number of carbonyl (C=O) groups excluding carboxylic acids is 1. The Balaban J connectivity index is 2.37. The van der Waals surface area contributed by atoms with Crippen LogP contribution in [-0.4, -0.2) is 34.1 Å². The third-order valence-electron chi connectivity index (χ3n) is 2.67. The van der Waals surface area contributed by atoms with Crippen molar-refractivity contribution in [2.24, 2.45) is 5.14 Å². The lowest BCUT2D eigenvalue weighted by Gasteiger charge is -2.06. The maximum Gasteiger partial charge on any atom is 0.238 e. The summed E-state index contributed by atoms with van der Waals surface area (Å²) in [6, 6.07) is 6.20. The molecule has 0 atom stereocenters. The molecule has 3 N–H and O–H groups in total. The lowest BCUT2D eigenvalue weighted by atomic mass is 10.1. The Kier molecular flexibility index (Phi) is 6.63. The van der Waals surface area contributed by atoms with Crippen LogP contribution in [0.2, 0.25) is 0 Å². The Bertz CT molecular complexity index is 526. The minimum Gasteiger partial charge on any atom is -0.380 e. The lowest BCUT2D eigenvalue weighted by molar-refractivity contribution is -0.121. The number of primary sulfonamides is 1. The van der Waals surface area contributed by atoms with Crippen LogP contribution < -0.4 is 10.5 Å². The normalized spacial score (nSPS) is 11.3. The first-order valence-electron chi connectivity index (χ1n) is 6.39. The number of aryl methyl sites for hydroxylation is 1. The van der Waals surface area contributed by atoms with Crippen molar-refractivity contribution in [3.05, 3.63) is 29.8 Å². The summed E-state index contributed by atoms with van der Waals surface area (Å²) in [5, 5.41) is 7.75. The first-order valence-corrected chi connectivity index (χ1v) is 7.94. The molecule has 0 fully saturated rings. The Morgan fingerprint density at radius 3 is 2.50 bits per heavy atom. The first kappa shape index (κ1) is 16.6. The Labute approximate surface area is 119 Å². The van der Waals surface area contributed by atoms with Crippen LogP contribution in [0.1, 0.15) is 18.9 Å². The fourth-order valence-electron chi connectivity index (χ4n) is 1.60. The molecule has 0 heterocycles. The minimum atomic E-state index is -3.66. The van der Waals surface area contributed by atoms with E-state index in [1.807, 2.05) is 6.92 Å². The number of hydrogen-bond acceptors (Lipinski definition) is 4. The van der Waals surface area contributed by atoms with Crippen LogP contribution in [0.15, 0.2) is 29.2 Å². The fraction of sp³-hybridized carbons (Fsp3) is 0.462. The zero-order valence-corrected chi connectivity index (χ0v) is 12.3. The molecule has 1 rings (SSSR count). The van der Waals surface area contributed by atoms with Crippen LogP contribution in [0.5, 0.6) is 0 Å². The summed E-state index contributed by atoms with van der Waals surface area (Å²) >= 11 is 0. The summed E-state index contributed by atoms with van der Waals surface area (Å²) in [6.45, 7) is 3.53. The van der Waals surface area contributed by atoms with Gasteiger partial charge in [-0.3, -0.25) is 4.79 Å². The third kappa shape index (κ3) is 6.14. The van der Waals surface area contributed by atoms with E-state index in [4.69, 9.17) is 9.88 Å². The van der Waals surface area contributed by atoms with Crippen LogP contribution in [0.4, 0.5) is 0 Å². The van der Waals surface area contributed by atoms with Crippen LogP contribution in [-0.2, 0) is 26.0 Å². The number of rotatable bonds is 8. The van der Waals surface area contributed by atoms with Gasteiger partial charge in [0.15, 0.2) is 0 Å². The van der Waals surface area contributed by atoms with Crippen LogP contribution >= 0.6 is 0 Å². The summed E-state index contributed by atoms with van der Waals surface area (Å²) in [6.07, 6.45) is 0.895. The van der Waals surface area contributed by atoms with Gasteiger partial charge < -0.3 is 10.1 Å². The van der Waals surface area contributed by atoms with Crippen molar-refractivity contribution in [1.29, 1.82) is 0 Å². The van der Waals surface area contributed by atoms with Gasteiger partial charge in [0.25, 0.3) is 0 Å². The number of nitrogens with two attached hydrogens (primary N) is 1. The second-order valence-electron chi connectivity index (χ2n) is 4.24. The maximum atomic E-state index is 11.5. The summed E-state index contributed by atoms with van der Waals surface area (Å²) in [7, 11) is -3.66. The highest BCUT2D eigenvalue weighted by atomic mass is 32.2. The zero-order valence-electron chi connectivity index (χ0n) is 11.5. The summed E-state index contributed by atoms with van der Waals surface area (Å²) < 4.78 is 27.3. The van der Waals surface area contributed by atoms with Gasteiger partial charge in [-0.15, -0.1) is 0 Å². The molecule has 112 valence electrons. The minimum absolute atomic E-state index is 0.0553. The molecule has 6 nitrogen and oxygen atoms in total. The number of sulfonamides is 1. The third-order valence-corrected chi connectivity index (χ3v) is 3.59. The number of benzene rings is 1. The van der Waals surface area contributed by atoms with E-state index in [9.17, 15) is 13.2 Å². The van der Waals surface area contributed by atoms with Crippen molar-refractivity contribution in [2.75, 3.05) is 19.8 Å². The van der Waals surface area contributed by atoms with E-state index >= 15 is 0 Å². The van der Waals surface area contributed by atoms with Crippen molar-refractivity contribution in [3.63, 3.8) is 0 Å². The molecule has 1 amide bonds. The van der Waals surface area contributed by atoms with Crippen molar-refractivity contribution >= 4 is 15.9 Å². The molecule has 1 aromatic carbocycles. The molecule has 0 aliphatic heterocycles. The van der Waals surface area contributed by atoms with Gasteiger partial charge in [0.1, 0.15) is 0 Å². The molecular weight excluding hydrogens is 280 g/mol. The molecule has 0 saturated heterocycles. The SMILES string of the molecule is CCOCCNC(=O)CCc1ccc(S(N)(=O)=O)cc1. The van der Waals surface area contributed by atoms with Gasteiger partial charge in [-0.05, 0) is 31.0 Å². The van der Waals surface area contributed by atoms with Gasteiger partial charge in [0.05, 0.1) is 11.5 Å². The molecule has 0 radical (unpaired) electrons. The topological polar surface area (TPSA) is 98.5 Å². The number of ether oxygens (including phenoxy) is 1. The summed E-state index contributed by atoms with van der Waals surface area (Å²) in [5.41, 5.74) is 0.886. The Hall–Kier alpha value is -1.44. The standard InChI is InChI=1S/C13H20N2O4S/c1-2-19-10-9-15-13(16)8-5-11-3-6-12(7-4-11)20(14,17)18/h3-4,6-7H,2,5,8-10H2,1H3,(H,15,16)(H2,14,17,18). The number of carbonyl (C=O) groups is 1. The molecule has 20 heavy (non-hydrogen) atoms. The highest BCUT2D eigenvalue weighted by molar-refractivity contribution is 7.89. The summed E-state index contributed by atoms with van der Waals surface area (Å²) in [5.74, 6) is -0.0553. The molecule has 0 unspecified atom stereocenters. The predicted octanol–water partition coefficient (Wildman–Crippen LogP) is 0.419. The number of amides is 1. The van der Waals surface area contributed by atoms with Crippen molar-refractivity contribution in [1.82, 2.24) is 5.32 Å². The largest absolute Gasteiger partial charge is 0.380 e. The highest BCUT2D eigenvalue weighted by Crippen LogP contribution is 2.10. The van der Waals surface area contributed by atoms with Crippen molar-refractivity contribution in [3.8, 4) is 0 Å². The van der Waals surface area contributed by atoms with Gasteiger partial charge in [-0.1, -0.05) is 12.1 Å². The Morgan fingerprint density at radius 2 is 1.95 bits per heavy atom. The van der Waals surface area contributed by atoms with E-state index in [0.717, 1.165) is 5.56 Å². The molecule has 0 bridgehead atoms. The van der Waals surface area contributed by atoms with E-state index in [1.54, 1.807) is 12.1 Å². The maximum absolute atomic E-state index is 11.5. The smallest absolute Gasteiger partial charge is 0.238 e. The van der Waals surface area contributed by atoms with E-state index in [-0.39, 0.29) is 10.8 Å². The van der Waals surface area contributed by atoms with E-state index in [0.29, 0.717) is 32.6 Å². The van der Waals surface area contributed by atoms with Crippen LogP contribution in [0.25, 0.3) is 0 Å². The number of nitrogens with one attached hydrogen (secondary N) is 1. The molecule has 0 aliphatic rings. The zero-order chi connectivity index (χ0) is 15.0. The lowest BCUT2D eigenvalue weighted by Crippen LogP contribution is -2.27. The molecule has 1 aromatic rings. The first-order chi connectivity index (χ1) is 9.43. The van der Waals surface area contributed by atoms with Crippen molar-refractivity contribution in [2.45, 2.75) is 24.7 Å². The fourth-order valence-corrected chi connectivity index (χ4v) is 2.11. The molecule has 7 heteroatoms. The van der Waals surface area contributed by atoms with Crippen molar-refractivity contribution < 1.29 is 17.9 Å². The van der Waals surface area contributed by atoms with Gasteiger partial charge in [-0.2, -0.15) is 0 Å². The van der Waals surface area contributed by atoms with Crippen LogP contribution in [0, 0.1) is 0 Å². The molecule has 0 aromatic heterocycles. The number of hydrogen-bond donors (Lipinski definition) is 2. The van der Waals surface area contributed by atoms with Gasteiger partial charge >= 0.3 is 0 Å². The van der Waals surface area contributed by atoms with E-state index in [1.165, 1.54) is 12.1 Å². The van der Waals surface area contributed by atoms with E-state index in [2.05, 4.69) is 5.32 Å². The second-order valence-corrected chi connectivity index (χ2v) is 5.80. The highest BCUT2D eigenvalue weighted by Gasteiger charge is 2.07. The molecule has 0 spiro atoms. The predicted molar refractivity (Wildman–Crippen MR) is 75.6 cm³/mol. The van der Waals surface area contributed by atoms with Gasteiger partial charge in [-0.25, -0.2) is 13.6 Å². The van der Waals surface area contributed by atoms with Gasteiger partial charge in [0, 0.05) is 19.6 Å². The molecule has 0 aliphatic carbocycles. The average molecular weight is 300 g/mol. The molecular formula is C13H20N2O4S. The monoisotopic (exact) mass is 300 g/mol. The van der Waals surface area contributed by atoms with Gasteiger partial charge in [0.2, 0.25) is 15.9 Å². The molecule has 0 saturated carbocycles. The average Bonchev–Trinajstić information content (AvgIpc) is 2.41. The Morgan fingerprint density at radius 1 is 1.30 bits per heavy atom.